The Kier molecular flexibility index (Phi) is 4.57. The van der Waals surface area contributed by atoms with Gasteiger partial charge in [0, 0.05) is 26.2 Å². The smallest absolute Gasteiger partial charge is 0.255 e. The van der Waals surface area contributed by atoms with Crippen molar-refractivity contribution < 1.29 is 4.79 Å². The molecule has 0 unspecified atom stereocenters. The van der Waals surface area contributed by atoms with E-state index in [1.807, 2.05) is 17.0 Å². The standard InChI is InChI=1S/C15H23ClN2OSi/c1-17-8-10-18(11-9-17)15(19)14-12(16)6-5-7-13(14)20(2,3)4/h5-7H,8-11H2,1-4H3. The zero-order valence-electron chi connectivity index (χ0n) is 12.7. The topological polar surface area (TPSA) is 23.6 Å². The van der Waals surface area contributed by atoms with Crippen LogP contribution in [0.1, 0.15) is 10.4 Å². The molecule has 1 saturated heterocycles. The molecule has 1 aliphatic heterocycles. The molecule has 110 valence electrons. The maximum Gasteiger partial charge on any atom is 0.255 e. The first kappa shape index (κ1) is 15.5. The number of nitrogens with zero attached hydrogens (tertiary/aromatic N) is 2. The van der Waals surface area contributed by atoms with E-state index in [-0.39, 0.29) is 5.91 Å². The minimum Gasteiger partial charge on any atom is -0.336 e. The number of hydrogen-bond donors (Lipinski definition) is 0. The third kappa shape index (κ3) is 3.24. The first-order valence-electron chi connectivity index (χ1n) is 7.07. The molecule has 1 aromatic carbocycles. The summed E-state index contributed by atoms with van der Waals surface area (Å²) in [4.78, 5) is 17.0. The van der Waals surface area contributed by atoms with Crippen molar-refractivity contribution in [3.05, 3.63) is 28.8 Å². The highest BCUT2D eigenvalue weighted by molar-refractivity contribution is 6.89. The molecule has 0 aromatic heterocycles. The molecule has 1 aliphatic rings. The number of benzene rings is 1. The van der Waals surface area contributed by atoms with Crippen LogP contribution < -0.4 is 5.19 Å². The summed E-state index contributed by atoms with van der Waals surface area (Å²) in [5, 5.41) is 1.75. The average Bonchev–Trinajstić information content (AvgIpc) is 2.37. The Balaban J connectivity index is 2.34. The van der Waals surface area contributed by atoms with Gasteiger partial charge in [-0.3, -0.25) is 4.79 Å². The molecule has 1 heterocycles. The van der Waals surface area contributed by atoms with Crippen LogP contribution in [-0.4, -0.2) is 57.0 Å². The molecule has 0 radical (unpaired) electrons. The normalized spacial score (nSPS) is 17.4. The van der Waals surface area contributed by atoms with Gasteiger partial charge in [-0.1, -0.05) is 43.4 Å². The molecule has 0 bridgehead atoms. The summed E-state index contributed by atoms with van der Waals surface area (Å²) in [6.07, 6.45) is 0. The van der Waals surface area contributed by atoms with Gasteiger partial charge in [0.2, 0.25) is 0 Å². The summed E-state index contributed by atoms with van der Waals surface area (Å²) in [6.45, 7) is 10.2. The van der Waals surface area contributed by atoms with Gasteiger partial charge in [-0.15, -0.1) is 0 Å². The largest absolute Gasteiger partial charge is 0.336 e. The number of piperazine rings is 1. The Bertz CT molecular complexity index is 505. The fraction of sp³-hybridized carbons (Fsp3) is 0.533. The lowest BCUT2D eigenvalue weighted by molar-refractivity contribution is 0.0665. The van der Waals surface area contributed by atoms with E-state index in [1.54, 1.807) is 0 Å². The van der Waals surface area contributed by atoms with E-state index in [2.05, 4.69) is 37.7 Å². The van der Waals surface area contributed by atoms with E-state index in [0.717, 1.165) is 36.9 Å². The van der Waals surface area contributed by atoms with Crippen LogP contribution in [0.4, 0.5) is 0 Å². The number of amides is 1. The Morgan fingerprint density at radius 3 is 2.30 bits per heavy atom. The number of halogens is 1. The van der Waals surface area contributed by atoms with Crippen LogP contribution in [-0.2, 0) is 0 Å². The van der Waals surface area contributed by atoms with E-state index < -0.39 is 8.07 Å². The Hall–Kier alpha value is -0.843. The predicted molar refractivity (Wildman–Crippen MR) is 87.8 cm³/mol. The van der Waals surface area contributed by atoms with E-state index >= 15 is 0 Å². The minimum absolute atomic E-state index is 0.0983. The van der Waals surface area contributed by atoms with Crippen molar-refractivity contribution in [1.82, 2.24) is 9.80 Å². The van der Waals surface area contributed by atoms with Crippen LogP contribution >= 0.6 is 11.6 Å². The Labute approximate surface area is 127 Å². The second-order valence-electron chi connectivity index (χ2n) is 6.51. The molecule has 0 spiro atoms. The molecule has 1 amide bonds. The van der Waals surface area contributed by atoms with E-state index in [4.69, 9.17) is 11.6 Å². The highest BCUT2D eigenvalue weighted by atomic mass is 35.5. The molecule has 20 heavy (non-hydrogen) atoms. The van der Waals surface area contributed by atoms with Gasteiger partial charge >= 0.3 is 0 Å². The highest BCUT2D eigenvalue weighted by Gasteiger charge is 2.29. The molecule has 1 fully saturated rings. The Morgan fingerprint density at radius 2 is 1.75 bits per heavy atom. The van der Waals surface area contributed by atoms with E-state index in [1.165, 1.54) is 0 Å². The van der Waals surface area contributed by atoms with Crippen LogP contribution in [0, 0.1) is 0 Å². The van der Waals surface area contributed by atoms with Crippen molar-refractivity contribution in [2.75, 3.05) is 33.2 Å². The molecule has 5 heteroatoms. The van der Waals surface area contributed by atoms with Crippen LogP contribution in [0.5, 0.6) is 0 Å². The SMILES string of the molecule is CN1CCN(C(=O)c2c(Cl)cccc2[Si](C)(C)C)CC1. The predicted octanol–water partition coefficient (Wildman–Crippen LogP) is 2.27. The van der Waals surface area contributed by atoms with Crippen molar-refractivity contribution in [3.63, 3.8) is 0 Å². The molecule has 2 rings (SSSR count). The van der Waals surface area contributed by atoms with Gasteiger partial charge in [0.15, 0.2) is 0 Å². The third-order valence-electron chi connectivity index (χ3n) is 3.83. The first-order chi connectivity index (χ1) is 9.30. The second-order valence-corrected chi connectivity index (χ2v) is 12.0. The van der Waals surface area contributed by atoms with Crippen molar-refractivity contribution in [3.8, 4) is 0 Å². The Morgan fingerprint density at radius 1 is 1.15 bits per heavy atom. The fourth-order valence-corrected chi connectivity index (χ4v) is 4.46. The fourth-order valence-electron chi connectivity index (χ4n) is 2.53. The summed E-state index contributed by atoms with van der Waals surface area (Å²) in [7, 11) is 0.497. The van der Waals surface area contributed by atoms with Gasteiger partial charge in [0.25, 0.3) is 5.91 Å². The molecule has 3 nitrogen and oxygen atoms in total. The van der Waals surface area contributed by atoms with Crippen LogP contribution in [0.3, 0.4) is 0 Å². The molecule has 0 atom stereocenters. The third-order valence-corrected chi connectivity index (χ3v) is 6.17. The molecular formula is C15H23ClN2OSi. The first-order valence-corrected chi connectivity index (χ1v) is 11.0. The van der Waals surface area contributed by atoms with Crippen molar-refractivity contribution >= 4 is 30.8 Å². The lowest BCUT2D eigenvalue weighted by Crippen LogP contribution is -2.50. The molecular weight excluding hydrogens is 288 g/mol. The number of rotatable bonds is 2. The van der Waals surface area contributed by atoms with E-state index in [9.17, 15) is 4.79 Å². The van der Waals surface area contributed by atoms with Crippen molar-refractivity contribution in [2.45, 2.75) is 19.6 Å². The molecule has 1 aromatic rings. The molecule has 0 saturated carbocycles. The molecule has 0 N–H and O–H groups in total. The molecule has 0 aliphatic carbocycles. The maximum atomic E-state index is 12.8. The maximum absolute atomic E-state index is 12.8. The van der Waals surface area contributed by atoms with E-state index in [0.29, 0.717) is 5.02 Å². The monoisotopic (exact) mass is 310 g/mol. The zero-order valence-corrected chi connectivity index (χ0v) is 14.5. The average molecular weight is 311 g/mol. The van der Waals surface area contributed by atoms with Gasteiger partial charge in [-0.05, 0) is 18.3 Å². The van der Waals surface area contributed by atoms with Gasteiger partial charge in [0.05, 0.1) is 18.7 Å². The number of likely N-dealkylation sites (N-methyl/N-ethyl adjacent to an activating group) is 1. The lowest BCUT2D eigenvalue weighted by Gasteiger charge is -2.34. The van der Waals surface area contributed by atoms with Gasteiger partial charge < -0.3 is 9.80 Å². The number of carbonyl (C=O) groups is 1. The summed E-state index contributed by atoms with van der Waals surface area (Å²) in [6, 6.07) is 5.85. The minimum atomic E-state index is -1.59. The lowest BCUT2D eigenvalue weighted by atomic mass is 10.1. The zero-order chi connectivity index (χ0) is 14.9. The highest BCUT2D eigenvalue weighted by Crippen LogP contribution is 2.20. The van der Waals surface area contributed by atoms with Crippen LogP contribution in [0.25, 0.3) is 0 Å². The number of carbonyl (C=O) groups excluding carboxylic acids is 1. The van der Waals surface area contributed by atoms with Gasteiger partial charge in [-0.25, -0.2) is 0 Å². The number of hydrogen-bond acceptors (Lipinski definition) is 2. The van der Waals surface area contributed by atoms with Crippen molar-refractivity contribution in [1.29, 1.82) is 0 Å². The summed E-state index contributed by atoms with van der Waals surface area (Å²) in [5.41, 5.74) is 0.734. The quantitative estimate of drug-likeness (QED) is 0.782. The summed E-state index contributed by atoms with van der Waals surface area (Å²) < 4.78 is 0. The summed E-state index contributed by atoms with van der Waals surface area (Å²) >= 11 is 6.34. The second kappa shape index (κ2) is 5.88. The van der Waals surface area contributed by atoms with Crippen LogP contribution in [0.15, 0.2) is 18.2 Å². The van der Waals surface area contributed by atoms with Gasteiger partial charge in [-0.2, -0.15) is 0 Å². The van der Waals surface area contributed by atoms with Gasteiger partial charge in [0.1, 0.15) is 0 Å². The van der Waals surface area contributed by atoms with Crippen LogP contribution in [0.2, 0.25) is 24.7 Å². The van der Waals surface area contributed by atoms with Crippen molar-refractivity contribution in [2.24, 2.45) is 0 Å². The summed E-state index contributed by atoms with van der Waals surface area (Å²) in [5.74, 6) is 0.0983.